The Hall–Kier alpha value is -1.24. The highest BCUT2D eigenvalue weighted by atomic mass is 32.2. The topological polar surface area (TPSA) is 95.5 Å². The first kappa shape index (κ1) is 17.8. The first-order valence-corrected chi connectivity index (χ1v) is 8.49. The Labute approximate surface area is 129 Å². The zero-order chi connectivity index (χ0) is 15.7. The second kappa shape index (κ2) is 9.65. The molecule has 0 aromatic carbocycles. The van der Waals surface area contributed by atoms with Crippen molar-refractivity contribution in [3.8, 4) is 0 Å². The number of carboxylic acids is 1. The molecular weight excluding hydrogens is 292 g/mol. The monoisotopic (exact) mass is 316 g/mol. The van der Waals surface area contributed by atoms with Gasteiger partial charge in [0.25, 0.3) is 0 Å². The fourth-order valence-electron chi connectivity index (χ4n) is 2.51. The van der Waals surface area contributed by atoms with Crippen molar-refractivity contribution >= 4 is 30.0 Å². The fraction of sp³-hybridized carbons (Fsp3) is 0.786. The molecule has 0 aromatic rings. The van der Waals surface area contributed by atoms with Crippen LogP contribution in [-0.4, -0.2) is 47.0 Å². The van der Waals surface area contributed by atoms with Crippen molar-refractivity contribution in [1.29, 1.82) is 0 Å². The second-order valence-electron chi connectivity index (χ2n) is 5.45. The average molecular weight is 316 g/mol. The van der Waals surface area contributed by atoms with Crippen molar-refractivity contribution in [2.24, 2.45) is 5.92 Å². The van der Waals surface area contributed by atoms with Crippen LogP contribution in [0.15, 0.2) is 0 Å². The maximum absolute atomic E-state index is 11.8. The molecule has 0 spiro atoms. The fourth-order valence-corrected chi connectivity index (χ4v) is 3.32. The Morgan fingerprint density at radius 3 is 2.71 bits per heavy atom. The Bertz CT molecular complexity index is 365. The molecule has 1 aliphatic carbocycles. The smallest absolute Gasteiger partial charge is 0.326 e. The molecular formula is C14H24N2O4S. The summed E-state index contributed by atoms with van der Waals surface area (Å²) >= 11 is 1.39. The van der Waals surface area contributed by atoms with Crippen LogP contribution >= 0.6 is 11.8 Å². The van der Waals surface area contributed by atoms with Gasteiger partial charge in [-0.2, -0.15) is 11.8 Å². The summed E-state index contributed by atoms with van der Waals surface area (Å²) in [6.07, 6.45) is 5.31. The molecule has 7 heteroatoms. The van der Waals surface area contributed by atoms with E-state index in [2.05, 4.69) is 17.6 Å². The van der Waals surface area contributed by atoms with Crippen LogP contribution in [0.4, 0.5) is 0 Å². The third-order valence-electron chi connectivity index (χ3n) is 3.81. The molecule has 1 aliphatic rings. The Morgan fingerprint density at radius 1 is 1.38 bits per heavy atom. The lowest BCUT2D eigenvalue weighted by Crippen LogP contribution is -2.42. The number of thioether (sulfide) groups is 1. The van der Waals surface area contributed by atoms with E-state index in [4.69, 9.17) is 5.11 Å². The van der Waals surface area contributed by atoms with Crippen LogP contribution in [0.25, 0.3) is 0 Å². The van der Waals surface area contributed by atoms with Crippen LogP contribution in [0.2, 0.25) is 0 Å². The van der Waals surface area contributed by atoms with E-state index in [0.717, 1.165) is 12.8 Å². The van der Waals surface area contributed by atoms with Crippen LogP contribution in [0, 0.1) is 5.92 Å². The minimum Gasteiger partial charge on any atom is -0.480 e. The van der Waals surface area contributed by atoms with E-state index in [-0.39, 0.29) is 11.9 Å². The molecule has 120 valence electrons. The van der Waals surface area contributed by atoms with Crippen LogP contribution < -0.4 is 10.6 Å². The molecule has 6 nitrogen and oxygen atoms in total. The number of nitrogens with one attached hydrogen (secondary N) is 2. The molecule has 21 heavy (non-hydrogen) atoms. The summed E-state index contributed by atoms with van der Waals surface area (Å²) in [6, 6.07) is -0.605. The van der Waals surface area contributed by atoms with Crippen molar-refractivity contribution in [3.63, 3.8) is 0 Å². The number of hydrogen-bond donors (Lipinski definition) is 3. The first-order chi connectivity index (χ1) is 10.0. The second-order valence-corrected chi connectivity index (χ2v) is 6.56. The van der Waals surface area contributed by atoms with Crippen molar-refractivity contribution < 1.29 is 19.5 Å². The van der Waals surface area contributed by atoms with Gasteiger partial charge in [-0.1, -0.05) is 19.8 Å². The van der Waals surface area contributed by atoms with Gasteiger partial charge in [0.15, 0.2) is 0 Å². The molecule has 0 heterocycles. The van der Waals surface area contributed by atoms with Gasteiger partial charge in [0.1, 0.15) is 6.04 Å². The van der Waals surface area contributed by atoms with Gasteiger partial charge in [-0.15, -0.1) is 0 Å². The predicted octanol–water partition coefficient (Wildman–Crippen LogP) is 1.00. The van der Waals surface area contributed by atoms with Crippen molar-refractivity contribution in [1.82, 2.24) is 10.6 Å². The number of aliphatic carboxylic acids is 1. The van der Waals surface area contributed by atoms with E-state index in [0.29, 0.717) is 30.3 Å². The Morgan fingerprint density at radius 2 is 2.10 bits per heavy atom. The predicted molar refractivity (Wildman–Crippen MR) is 82.1 cm³/mol. The van der Waals surface area contributed by atoms with E-state index < -0.39 is 12.0 Å². The largest absolute Gasteiger partial charge is 0.480 e. The van der Waals surface area contributed by atoms with Crippen molar-refractivity contribution in [3.05, 3.63) is 0 Å². The van der Waals surface area contributed by atoms with Gasteiger partial charge in [-0.25, -0.2) is 4.79 Å². The van der Waals surface area contributed by atoms with Crippen LogP contribution in [0.1, 0.15) is 39.0 Å². The van der Waals surface area contributed by atoms with Crippen molar-refractivity contribution in [2.45, 2.75) is 51.1 Å². The molecule has 3 atom stereocenters. The quantitative estimate of drug-likeness (QED) is 0.436. The van der Waals surface area contributed by atoms with Crippen molar-refractivity contribution in [2.75, 3.05) is 11.5 Å². The number of carbonyl (C=O) groups excluding carboxylic acids is 2. The summed E-state index contributed by atoms with van der Waals surface area (Å²) in [4.78, 5) is 32.9. The molecule has 0 aromatic heterocycles. The van der Waals surface area contributed by atoms with Gasteiger partial charge in [0, 0.05) is 6.04 Å². The average Bonchev–Trinajstić information content (AvgIpc) is 2.44. The maximum atomic E-state index is 11.8. The van der Waals surface area contributed by atoms with E-state index in [1.807, 2.05) is 0 Å². The molecule has 0 aliphatic heterocycles. The Balaban J connectivity index is 2.18. The summed E-state index contributed by atoms with van der Waals surface area (Å²) < 4.78 is 0. The molecule has 0 saturated heterocycles. The molecule has 1 saturated carbocycles. The first-order valence-electron chi connectivity index (χ1n) is 7.34. The van der Waals surface area contributed by atoms with Gasteiger partial charge in [0.05, 0.1) is 5.75 Å². The maximum Gasteiger partial charge on any atom is 0.326 e. The number of rotatable bonds is 9. The normalized spacial score (nSPS) is 23.1. The van der Waals surface area contributed by atoms with Gasteiger partial charge in [-0.05, 0) is 30.9 Å². The lowest BCUT2D eigenvalue weighted by molar-refractivity contribution is -0.140. The molecule has 2 amide bonds. The van der Waals surface area contributed by atoms with Gasteiger partial charge in [0.2, 0.25) is 12.3 Å². The number of hydrogen-bond acceptors (Lipinski definition) is 4. The molecule has 3 unspecified atom stereocenters. The summed E-state index contributed by atoms with van der Waals surface area (Å²) in [5.74, 6) is 0.334. The van der Waals surface area contributed by atoms with E-state index >= 15 is 0 Å². The zero-order valence-corrected chi connectivity index (χ0v) is 13.2. The molecule has 0 bridgehead atoms. The summed E-state index contributed by atoms with van der Waals surface area (Å²) in [6.45, 7) is 2.17. The van der Waals surface area contributed by atoms with E-state index in [9.17, 15) is 14.4 Å². The SMILES string of the molecule is CC1CCCCC1NC(=O)CSCCC(NC=O)C(=O)O. The zero-order valence-electron chi connectivity index (χ0n) is 12.3. The van der Waals surface area contributed by atoms with E-state index in [1.165, 1.54) is 24.6 Å². The summed E-state index contributed by atoms with van der Waals surface area (Å²) in [5.41, 5.74) is 0. The molecule has 1 rings (SSSR count). The molecule has 0 radical (unpaired) electrons. The molecule has 1 fully saturated rings. The molecule has 3 N–H and O–H groups in total. The highest BCUT2D eigenvalue weighted by Gasteiger charge is 2.22. The summed E-state index contributed by atoms with van der Waals surface area (Å²) in [7, 11) is 0. The number of carbonyl (C=O) groups is 3. The minimum absolute atomic E-state index is 0.00831. The van der Waals surface area contributed by atoms with Gasteiger partial charge in [-0.3, -0.25) is 9.59 Å². The minimum atomic E-state index is -1.05. The third kappa shape index (κ3) is 6.84. The van der Waals surface area contributed by atoms with Crippen LogP contribution in [-0.2, 0) is 14.4 Å². The summed E-state index contributed by atoms with van der Waals surface area (Å²) in [5, 5.41) is 14.2. The van der Waals surface area contributed by atoms with Crippen LogP contribution in [0.3, 0.4) is 0 Å². The number of carboxylic acid groups (broad SMARTS) is 1. The Kier molecular flexibility index (Phi) is 8.19. The third-order valence-corrected chi connectivity index (χ3v) is 4.80. The highest BCUT2D eigenvalue weighted by Crippen LogP contribution is 2.23. The lowest BCUT2D eigenvalue weighted by atomic mass is 9.86. The lowest BCUT2D eigenvalue weighted by Gasteiger charge is -2.29. The van der Waals surface area contributed by atoms with E-state index in [1.54, 1.807) is 0 Å². The van der Waals surface area contributed by atoms with Crippen LogP contribution in [0.5, 0.6) is 0 Å². The highest BCUT2D eigenvalue weighted by molar-refractivity contribution is 7.99. The van der Waals surface area contributed by atoms with Gasteiger partial charge < -0.3 is 15.7 Å². The number of amides is 2. The van der Waals surface area contributed by atoms with Gasteiger partial charge >= 0.3 is 5.97 Å². The standard InChI is InChI=1S/C14H24N2O4S/c1-10-4-2-3-5-11(10)16-13(18)8-21-7-6-12(14(19)20)15-9-17/h9-12H,2-8H2,1H3,(H,15,17)(H,16,18)(H,19,20).